The first-order chi connectivity index (χ1) is 9.16. The Hall–Kier alpha value is -1.62. The Balaban J connectivity index is 2.29. The number of imidazole rings is 1. The predicted octanol–water partition coefficient (Wildman–Crippen LogP) is 2.85. The average Bonchev–Trinajstić information content (AvgIpc) is 2.89. The van der Waals surface area contributed by atoms with Crippen LogP contribution in [0, 0.1) is 0 Å². The quantitative estimate of drug-likeness (QED) is 0.763. The van der Waals surface area contributed by atoms with E-state index < -0.39 is 10.0 Å². The molecule has 0 atom stereocenters. The number of hydrogen-bond donors (Lipinski definition) is 0. The van der Waals surface area contributed by atoms with Gasteiger partial charge in [-0.2, -0.15) is 0 Å². The molecule has 0 amide bonds. The van der Waals surface area contributed by atoms with Crippen LogP contribution in [0.3, 0.4) is 0 Å². The van der Waals surface area contributed by atoms with Crippen LogP contribution < -0.4 is 0 Å². The Bertz CT molecular complexity index is 618. The molecule has 0 aliphatic heterocycles. The predicted molar refractivity (Wildman–Crippen MR) is 74.5 cm³/mol. The summed E-state index contributed by atoms with van der Waals surface area (Å²) in [6.07, 6.45) is 6.89. The van der Waals surface area contributed by atoms with E-state index in [4.69, 9.17) is 0 Å². The van der Waals surface area contributed by atoms with Crippen molar-refractivity contribution < 1.29 is 8.42 Å². The van der Waals surface area contributed by atoms with Crippen molar-refractivity contribution in [3.05, 3.63) is 48.5 Å². The zero-order valence-corrected chi connectivity index (χ0v) is 11.8. The lowest BCUT2D eigenvalue weighted by molar-refractivity contribution is 0.582. The molecule has 1 heterocycles. The maximum absolute atomic E-state index is 12.5. The van der Waals surface area contributed by atoms with Gasteiger partial charge in [-0.05, 0) is 18.6 Å². The molecule has 0 saturated heterocycles. The molecule has 4 nitrogen and oxygen atoms in total. The normalized spacial score (nSPS) is 11.6. The summed E-state index contributed by atoms with van der Waals surface area (Å²) < 4.78 is 26.2. The molecule has 0 N–H and O–H groups in total. The maximum atomic E-state index is 12.5. The Kier molecular flexibility index (Phi) is 4.37. The first kappa shape index (κ1) is 13.8. The fourth-order valence-corrected chi connectivity index (χ4v) is 3.31. The maximum Gasteiger partial charge on any atom is 0.269 e. The molecule has 2 aromatic rings. The van der Waals surface area contributed by atoms with E-state index in [1.165, 1.54) is 10.2 Å². The molecule has 1 aromatic carbocycles. The van der Waals surface area contributed by atoms with Gasteiger partial charge in [-0.15, -0.1) is 0 Å². The first-order valence-electron chi connectivity index (χ1n) is 6.49. The van der Waals surface area contributed by atoms with Gasteiger partial charge in [-0.3, -0.25) is 0 Å². The van der Waals surface area contributed by atoms with E-state index in [2.05, 4.69) is 11.9 Å². The number of aromatic nitrogens is 2. The van der Waals surface area contributed by atoms with Crippen LogP contribution in [0.1, 0.15) is 32.0 Å². The van der Waals surface area contributed by atoms with Gasteiger partial charge in [-0.1, -0.05) is 38.0 Å². The van der Waals surface area contributed by atoms with Crippen molar-refractivity contribution in [1.82, 2.24) is 8.96 Å². The summed E-state index contributed by atoms with van der Waals surface area (Å²) in [5.41, 5.74) is 0. The standard InChI is InChI=1S/C14H18N2O2S/c1-2-3-5-10-14-15-11-12-16(14)19(17,18)13-8-6-4-7-9-13/h4,6-9,11-12H,2-3,5,10H2,1H3. The van der Waals surface area contributed by atoms with Crippen LogP contribution in [0.2, 0.25) is 0 Å². The molecular weight excluding hydrogens is 260 g/mol. The Morgan fingerprint density at radius 2 is 1.89 bits per heavy atom. The van der Waals surface area contributed by atoms with E-state index in [1.54, 1.807) is 36.5 Å². The highest BCUT2D eigenvalue weighted by molar-refractivity contribution is 7.90. The molecule has 0 saturated carbocycles. The minimum absolute atomic E-state index is 0.296. The third-order valence-corrected chi connectivity index (χ3v) is 4.70. The van der Waals surface area contributed by atoms with Crippen molar-refractivity contribution >= 4 is 10.0 Å². The summed E-state index contributed by atoms with van der Waals surface area (Å²) >= 11 is 0. The molecule has 5 heteroatoms. The van der Waals surface area contributed by atoms with E-state index in [1.807, 2.05) is 0 Å². The number of benzene rings is 1. The second-order valence-corrected chi connectivity index (χ2v) is 6.23. The van der Waals surface area contributed by atoms with Gasteiger partial charge in [0.25, 0.3) is 10.0 Å². The van der Waals surface area contributed by atoms with E-state index in [9.17, 15) is 8.42 Å². The van der Waals surface area contributed by atoms with Crippen molar-refractivity contribution in [3.63, 3.8) is 0 Å². The monoisotopic (exact) mass is 278 g/mol. The molecule has 0 radical (unpaired) electrons. The first-order valence-corrected chi connectivity index (χ1v) is 7.93. The number of hydrogen-bond acceptors (Lipinski definition) is 3. The zero-order chi connectivity index (χ0) is 13.7. The highest BCUT2D eigenvalue weighted by atomic mass is 32.2. The third-order valence-electron chi connectivity index (χ3n) is 2.98. The van der Waals surface area contributed by atoms with Gasteiger partial charge < -0.3 is 0 Å². The highest BCUT2D eigenvalue weighted by Crippen LogP contribution is 2.16. The number of unbranched alkanes of at least 4 members (excludes halogenated alkanes) is 2. The van der Waals surface area contributed by atoms with Crippen LogP contribution in [-0.2, 0) is 16.4 Å². The van der Waals surface area contributed by atoms with Crippen LogP contribution in [0.15, 0.2) is 47.6 Å². The van der Waals surface area contributed by atoms with Crippen LogP contribution in [0.5, 0.6) is 0 Å². The molecule has 0 bridgehead atoms. The molecule has 0 unspecified atom stereocenters. The summed E-state index contributed by atoms with van der Waals surface area (Å²) in [5, 5.41) is 0. The molecule has 19 heavy (non-hydrogen) atoms. The second-order valence-electron chi connectivity index (χ2n) is 4.41. The summed E-state index contributed by atoms with van der Waals surface area (Å²) in [6, 6.07) is 8.45. The summed E-state index contributed by atoms with van der Waals surface area (Å²) in [4.78, 5) is 4.46. The largest absolute Gasteiger partial charge is 0.269 e. The zero-order valence-electron chi connectivity index (χ0n) is 11.0. The lowest BCUT2D eigenvalue weighted by atomic mass is 10.2. The van der Waals surface area contributed by atoms with Gasteiger partial charge in [0.2, 0.25) is 0 Å². The average molecular weight is 278 g/mol. The Labute approximate surface area is 114 Å². The minimum atomic E-state index is -3.51. The van der Waals surface area contributed by atoms with Crippen LogP contribution in [-0.4, -0.2) is 17.4 Å². The summed E-state index contributed by atoms with van der Waals surface area (Å²) in [6.45, 7) is 2.12. The Morgan fingerprint density at radius 1 is 1.16 bits per heavy atom. The van der Waals surface area contributed by atoms with Crippen molar-refractivity contribution in [3.8, 4) is 0 Å². The molecule has 0 aliphatic carbocycles. The SMILES string of the molecule is CCCCCc1nccn1S(=O)(=O)c1ccccc1. The smallest absolute Gasteiger partial charge is 0.241 e. The van der Waals surface area contributed by atoms with Crippen molar-refractivity contribution in [1.29, 1.82) is 0 Å². The molecule has 0 aliphatic rings. The summed E-state index contributed by atoms with van der Waals surface area (Å²) in [7, 11) is -3.51. The number of aryl methyl sites for hydroxylation is 1. The number of nitrogens with zero attached hydrogens (tertiary/aromatic N) is 2. The molecular formula is C14H18N2O2S. The molecule has 102 valence electrons. The molecule has 1 aromatic heterocycles. The second kappa shape index (κ2) is 6.02. The Morgan fingerprint density at radius 3 is 2.58 bits per heavy atom. The topological polar surface area (TPSA) is 52.0 Å². The lowest BCUT2D eigenvalue weighted by Gasteiger charge is -2.09. The van der Waals surface area contributed by atoms with E-state index in [0.29, 0.717) is 17.1 Å². The van der Waals surface area contributed by atoms with Crippen molar-refractivity contribution in [2.75, 3.05) is 0 Å². The minimum Gasteiger partial charge on any atom is -0.241 e. The molecule has 0 spiro atoms. The van der Waals surface area contributed by atoms with Crippen LogP contribution in [0.25, 0.3) is 0 Å². The van der Waals surface area contributed by atoms with E-state index in [-0.39, 0.29) is 0 Å². The highest BCUT2D eigenvalue weighted by Gasteiger charge is 2.19. The van der Waals surface area contributed by atoms with Crippen LogP contribution in [0.4, 0.5) is 0 Å². The van der Waals surface area contributed by atoms with Crippen molar-refractivity contribution in [2.24, 2.45) is 0 Å². The van der Waals surface area contributed by atoms with Gasteiger partial charge in [0.05, 0.1) is 4.90 Å². The van der Waals surface area contributed by atoms with Gasteiger partial charge in [-0.25, -0.2) is 17.4 Å². The number of rotatable bonds is 6. The fraction of sp³-hybridized carbons (Fsp3) is 0.357. The van der Waals surface area contributed by atoms with Gasteiger partial charge >= 0.3 is 0 Å². The van der Waals surface area contributed by atoms with Crippen molar-refractivity contribution in [2.45, 2.75) is 37.5 Å². The summed E-state index contributed by atoms with van der Waals surface area (Å²) in [5.74, 6) is 0.609. The van der Waals surface area contributed by atoms with E-state index >= 15 is 0 Å². The van der Waals surface area contributed by atoms with Gasteiger partial charge in [0, 0.05) is 18.8 Å². The third kappa shape index (κ3) is 3.04. The van der Waals surface area contributed by atoms with Gasteiger partial charge in [0.1, 0.15) is 5.82 Å². The molecule has 0 fully saturated rings. The molecule has 2 rings (SSSR count). The van der Waals surface area contributed by atoms with Gasteiger partial charge in [0.15, 0.2) is 0 Å². The fourth-order valence-electron chi connectivity index (χ4n) is 1.96. The lowest BCUT2D eigenvalue weighted by Crippen LogP contribution is -2.15. The van der Waals surface area contributed by atoms with Crippen LogP contribution >= 0.6 is 0 Å². The van der Waals surface area contributed by atoms with E-state index in [0.717, 1.165) is 19.3 Å².